The third-order valence-corrected chi connectivity index (χ3v) is 5.89. The number of hydrogen-bond acceptors (Lipinski definition) is 4. The van der Waals surface area contributed by atoms with Crippen LogP contribution in [0.4, 0.5) is 0 Å². The Balaban J connectivity index is 1.37. The van der Waals surface area contributed by atoms with E-state index in [-0.39, 0.29) is 0 Å². The Hall–Kier alpha value is -2.04. The lowest BCUT2D eigenvalue weighted by Gasteiger charge is -2.30. The molecule has 4 nitrogen and oxygen atoms in total. The van der Waals surface area contributed by atoms with E-state index in [4.69, 9.17) is 9.47 Å². The average molecular weight is 367 g/mol. The molecule has 0 radical (unpaired) electrons. The van der Waals surface area contributed by atoms with E-state index in [9.17, 15) is 0 Å². The van der Waals surface area contributed by atoms with Gasteiger partial charge in [-0.2, -0.15) is 0 Å². The molecule has 2 aliphatic rings. The van der Waals surface area contributed by atoms with Crippen LogP contribution < -0.4 is 14.8 Å². The van der Waals surface area contributed by atoms with Crippen molar-refractivity contribution in [1.82, 2.24) is 10.2 Å². The van der Waals surface area contributed by atoms with E-state index in [0.717, 1.165) is 44.0 Å². The van der Waals surface area contributed by atoms with Crippen molar-refractivity contribution in [3.05, 3.63) is 58.7 Å². The molecule has 1 aliphatic carbocycles. The van der Waals surface area contributed by atoms with Gasteiger partial charge >= 0.3 is 0 Å². The molecule has 144 valence electrons. The number of rotatable bonds is 6. The average Bonchev–Trinajstić information content (AvgIpc) is 2.72. The van der Waals surface area contributed by atoms with Gasteiger partial charge in [0.05, 0.1) is 7.11 Å². The number of methoxy groups -OCH3 is 1. The maximum Gasteiger partial charge on any atom is 0.139 e. The largest absolute Gasteiger partial charge is 0.496 e. The zero-order chi connectivity index (χ0) is 18.6. The molecule has 2 aromatic rings. The first kappa shape index (κ1) is 18.3. The first-order chi connectivity index (χ1) is 13.2. The van der Waals surface area contributed by atoms with Crippen molar-refractivity contribution in [2.24, 2.45) is 0 Å². The number of benzene rings is 2. The molecule has 1 heterocycles. The van der Waals surface area contributed by atoms with Gasteiger partial charge in [-0.15, -0.1) is 0 Å². The first-order valence-electron chi connectivity index (χ1n) is 10.0. The summed E-state index contributed by atoms with van der Waals surface area (Å²) in [7, 11) is 4.03. The number of nitrogens with zero attached hydrogens (tertiary/aromatic N) is 1. The van der Waals surface area contributed by atoms with Gasteiger partial charge < -0.3 is 14.4 Å². The van der Waals surface area contributed by atoms with E-state index < -0.39 is 0 Å². The lowest BCUT2D eigenvalue weighted by atomic mass is 9.82. The van der Waals surface area contributed by atoms with Gasteiger partial charge in [0.15, 0.2) is 0 Å². The summed E-state index contributed by atoms with van der Waals surface area (Å²) in [5.41, 5.74) is 5.57. The maximum absolute atomic E-state index is 5.62. The molecular weight excluding hydrogens is 336 g/mol. The van der Waals surface area contributed by atoms with E-state index >= 15 is 0 Å². The lowest BCUT2D eigenvalue weighted by Crippen LogP contribution is -2.29. The number of fused-ring (bicyclic) bond motifs is 2. The third kappa shape index (κ3) is 4.12. The molecule has 0 spiro atoms. The van der Waals surface area contributed by atoms with Crippen LogP contribution in [0.5, 0.6) is 11.5 Å². The van der Waals surface area contributed by atoms with Crippen molar-refractivity contribution >= 4 is 0 Å². The SMILES string of the molecule is COc1cccc2c1CCCC2CN(C)CCc1ccc2c(c1)CNCO2. The van der Waals surface area contributed by atoms with Crippen LogP contribution in [0.1, 0.15) is 41.0 Å². The van der Waals surface area contributed by atoms with Crippen LogP contribution in [-0.2, 0) is 19.4 Å². The van der Waals surface area contributed by atoms with Gasteiger partial charge in [-0.25, -0.2) is 0 Å². The second-order valence-corrected chi connectivity index (χ2v) is 7.79. The van der Waals surface area contributed by atoms with Gasteiger partial charge in [-0.1, -0.05) is 24.3 Å². The van der Waals surface area contributed by atoms with E-state index in [1.165, 1.54) is 35.1 Å². The van der Waals surface area contributed by atoms with Crippen LogP contribution in [0, 0.1) is 0 Å². The molecule has 0 saturated heterocycles. The number of hydrogen-bond donors (Lipinski definition) is 1. The highest BCUT2D eigenvalue weighted by Crippen LogP contribution is 2.36. The third-order valence-electron chi connectivity index (χ3n) is 5.89. The summed E-state index contributed by atoms with van der Waals surface area (Å²) in [4.78, 5) is 2.48. The highest BCUT2D eigenvalue weighted by Gasteiger charge is 2.23. The predicted octanol–water partition coefficient (Wildman–Crippen LogP) is 3.73. The smallest absolute Gasteiger partial charge is 0.139 e. The topological polar surface area (TPSA) is 33.7 Å². The fraction of sp³-hybridized carbons (Fsp3) is 0.478. The molecule has 0 saturated carbocycles. The Labute approximate surface area is 162 Å². The van der Waals surface area contributed by atoms with E-state index in [1.54, 1.807) is 7.11 Å². The molecular formula is C23H30N2O2. The number of likely N-dealkylation sites (N-methyl/N-ethyl adjacent to an activating group) is 1. The summed E-state index contributed by atoms with van der Waals surface area (Å²) in [5, 5.41) is 3.26. The normalized spacial score (nSPS) is 18.6. The monoisotopic (exact) mass is 366 g/mol. The van der Waals surface area contributed by atoms with E-state index in [2.05, 4.69) is 53.7 Å². The van der Waals surface area contributed by atoms with Crippen molar-refractivity contribution in [2.45, 2.75) is 38.1 Å². The molecule has 1 atom stereocenters. The Kier molecular flexibility index (Phi) is 5.65. The second-order valence-electron chi connectivity index (χ2n) is 7.79. The molecule has 0 fully saturated rings. The lowest BCUT2D eigenvalue weighted by molar-refractivity contribution is 0.257. The van der Waals surface area contributed by atoms with Crippen molar-refractivity contribution in [2.75, 3.05) is 34.0 Å². The Morgan fingerprint density at radius 3 is 3.07 bits per heavy atom. The molecule has 1 aliphatic heterocycles. The molecule has 27 heavy (non-hydrogen) atoms. The van der Waals surface area contributed by atoms with Gasteiger partial charge in [0.1, 0.15) is 18.2 Å². The minimum atomic E-state index is 0.606. The molecule has 1 N–H and O–H groups in total. The van der Waals surface area contributed by atoms with Gasteiger partial charge in [0.25, 0.3) is 0 Å². The summed E-state index contributed by atoms with van der Waals surface area (Å²) < 4.78 is 11.2. The minimum absolute atomic E-state index is 0.606. The number of ether oxygens (including phenoxy) is 2. The second kappa shape index (κ2) is 8.32. The molecule has 0 bridgehead atoms. The quantitative estimate of drug-likeness (QED) is 0.845. The summed E-state index contributed by atoms with van der Waals surface area (Å²) in [6, 6.07) is 13.1. The van der Waals surface area contributed by atoms with Crippen LogP contribution in [-0.4, -0.2) is 38.9 Å². The summed E-state index contributed by atoms with van der Waals surface area (Å²) in [6.45, 7) is 3.70. The van der Waals surface area contributed by atoms with Crippen LogP contribution in [0.2, 0.25) is 0 Å². The predicted molar refractivity (Wildman–Crippen MR) is 109 cm³/mol. The summed E-state index contributed by atoms with van der Waals surface area (Å²) >= 11 is 0. The zero-order valence-corrected chi connectivity index (χ0v) is 16.5. The number of nitrogens with one attached hydrogen (secondary N) is 1. The van der Waals surface area contributed by atoms with E-state index in [1.807, 2.05) is 0 Å². The molecule has 0 aromatic heterocycles. The highest BCUT2D eigenvalue weighted by atomic mass is 16.5. The standard InChI is InChI=1S/C23H30N2O2/c1-25(12-11-17-9-10-22-19(13-17)14-24-16-27-22)15-18-5-3-7-21-20(18)6-4-8-23(21)26-2/h4,6,8-10,13,18,24H,3,5,7,11-12,14-16H2,1-2H3. The molecule has 4 heteroatoms. The van der Waals surface area contributed by atoms with Crippen LogP contribution in [0.15, 0.2) is 36.4 Å². The van der Waals surface area contributed by atoms with Crippen molar-refractivity contribution in [3.63, 3.8) is 0 Å². The van der Waals surface area contributed by atoms with Crippen molar-refractivity contribution < 1.29 is 9.47 Å². The molecule has 2 aromatic carbocycles. The molecule has 1 unspecified atom stereocenters. The molecule has 4 rings (SSSR count). The highest BCUT2D eigenvalue weighted by molar-refractivity contribution is 5.44. The van der Waals surface area contributed by atoms with E-state index in [0.29, 0.717) is 12.6 Å². The summed E-state index contributed by atoms with van der Waals surface area (Å²) in [5.74, 6) is 2.69. The van der Waals surface area contributed by atoms with Gasteiger partial charge in [0.2, 0.25) is 0 Å². The van der Waals surface area contributed by atoms with Gasteiger partial charge in [0, 0.05) is 25.2 Å². The van der Waals surface area contributed by atoms with Crippen molar-refractivity contribution in [1.29, 1.82) is 0 Å². The summed E-state index contributed by atoms with van der Waals surface area (Å²) in [6.07, 6.45) is 4.74. The Bertz CT molecular complexity index is 790. The minimum Gasteiger partial charge on any atom is -0.496 e. The van der Waals surface area contributed by atoms with Gasteiger partial charge in [-0.05, 0) is 67.5 Å². The fourth-order valence-electron chi connectivity index (χ4n) is 4.46. The van der Waals surface area contributed by atoms with Crippen molar-refractivity contribution in [3.8, 4) is 11.5 Å². The molecule has 0 amide bonds. The van der Waals surface area contributed by atoms with Crippen LogP contribution in [0.3, 0.4) is 0 Å². The first-order valence-corrected chi connectivity index (χ1v) is 10.0. The van der Waals surface area contributed by atoms with Crippen LogP contribution in [0.25, 0.3) is 0 Å². The fourth-order valence-corrected chi connectivity index (χ4v) is 4.46. The van der Waals surface area contributed by atoms with Crippen LogP contribution >= 0.6 is 0 Å². The maximum atomic E-state index is 5.62. The van der Waals surface area contributed by atoms with Gasteiger partial charge in [-0.3, -0.25) is 5.32 Å². The Morgan fingerprint density at radius 2 is 2.19 bits per heavy atom. The Morgan fingerprint density at radius 1 is 1.26 bits per heavy atom. The zero-order valence-electron chi connectivity index (χ0n) is 16.5.